The van der Waals surface area contributed by atoms with Crippen LogP contribution < -0.4 is 20.7 Å². The van der Waals surface area contributed by atoms with Crippen LogP contribution in [0.4, 0.5) is 0 Å². The molecule has 1 fully saturated rings. The number of hydrogen-bond acceptors (Lipinski definition) is 10. The summed E-state index contributed by atoms with van der Waals surface area (Å²) >= 11 is 0. The SMILES string of the molecule is CCOC(=O)CO[C@@H]1[C@H](O)[C@@H](COC(c2ccccc2)(c2ccc(OC)cc2)c2ccc(OC)cc2)O[C@H]1n1cc(C)c(=O)[nH]c1=O. The minimum Gasteiger partial charge on any atom is -0.497 e. The van der Waals surface area contributed by atoms with Crippen LogP contribution in [0.2, 0.25) is 0 Å². The van der Waals surface area contributed by atoms with Crippen LogP contribution in [0.1, 0.15) is 35.4 Å². The number of aromatic amines is 1. The number of aliphatic hydroxyl groups is 1. The van der Waals surface area contributed by atoms with Crippen molar-refractivity contribution in [3.8, 4) is 11.5 Å². The van der Waals surface area contributed by atoms with E-state index in [1.165, 1.54) is 13.1 Å². The Kier molecular flexibility index (Phi) is 10.6. The number of hydrogen-bond donors (Lipinski definition) is 2. The highest BCUT2D eigenvalue weighted by Crippen LogP contribution is 2.43. The molecular weight excluding hydrogens is 608 g/mol. The van der Waals surface area contributed by atoms with Gasteiger partial charge in [-0.05, 0) is 54.8 Å². The van der Waals surface area contributed by atoms with Gasteiger partial charge in [0.05, 0.1) is 27.4 Å². The highest BCUT2D eigenvalue weighted by Gasteiger charge is 2.48. The molecule has 1 aliphatic heterocycles. The number of H-pyrrole nitrogens is 1. The van der Waals surface area contributed by atoms with E-state index in [9.17, 15) is 19.5 Å². The summed E-state index contributed by atoms with van der Waals surface area (Å²) in [4.78, 5) is 39.5. The van der Waals surface area contributed by atoms with E-state index in [4.69, 9.17) is 28.4 Å². The summed E-state index contributed by atoms with van der Waals surface area (Å²) in [5.41, 5.74) is 0.0332. The van der Waals surface area contributed by atoms with Crippen molar-refractivity contribution < 1.29 is 38.3 Å². The normalized spacial score (nSPS) is 19.3. The van der Waals surface area contributed by atoms with Crippen LogP contribution in [0.5, 0.6) is 11.5 Å². The van der Waals surface area contributed by atoms with Crippen molar-refractivity contribution in [2.24, 2.45) is 0 Å². The summed E-state index contributed by atoms with van der Waals surface area (Å²) in [6, 6.07) is 24.5. The molecule has 0 bridgehead atoms. The molecule has 0 saturated carbocycles. The predicted octanol–water partition coefficient (Wildman–Crippen LogP) is 3.08. The van der Waals surface area contributed by atoms with Crippen molar-refractivity contribution in [3.05, 3.63) is 128 Å². The number of nitrogens with one attached hydrogen (secondary N) is 1. The fourth-order valence-electron chi connectivity index (χ4n) is 5.68. The van der Waals surface area contributed by atoms with Crippen LogP contribution in [-0.4, -0.2) is 73.0 Å². The Morgan fingerprint density at radius 2 is 1.49 bits per heavy atom. The van der Waals surface area contributed by atoms with Crippen LogP contribution in [-0.2, 0) is 29.3 Å². The molecule has 0 radical (unpaired) electrons. The van der Waals surface area contributed by atoms with Gasteiger partial charge in [-0.25, -0.2) is 9.59 Å². The van der Waals surface area contributed by atoms with Crippen LogP contribution in [0.25, 0.3) is 0 Å². The molecule has 4 atom stereocenters. The van der Waals surface area contributed by atoms with Crippen molar-refractivity contribution in [1.29, 1.82) is 0 Å². The first kappa shape index (κ1) is 33.6. The average molecular weight is 647 g/mol. The molecule has 0 aliphatic carbocycles. The van der Waals surface area contributed by atoms with Gasteiger partial charge in [0.2, 0.25) is 0 Å². The van der Waals surface area contributed by atoms with Crippen molar-refractivity contribution in [3.63, 3.8) is 0 Å². The summed E-state index contributed by atoms with van der Waals surface area (Å²) in [5, 5.41) is 11.6. The summed E-state index contributed by atoms with van der Waals surface area (Å²) in [7, 11) is 3.18. The standard InChI is InChI=1S/C35H38N2O10/c1-5-44-29(38)21-45-31-30(39)28(47-33(31)37-19-22(2)32(40)36-34(37)41)20-46-35(23-9-7-6-8-10-23,24-11-15-26(42-3)16-12-24)25-13-17-27(43-4)18-14-25/h6-19,28,30-31,33,39H,5,20-21H2,1-4H3,(H,36,40,41)/t28-,30-,31-,33-/m1/s1. The number of benzene rings is 3. The third kappa shape index (κ3) is 7.00. The van der Waals surface area contributed by atoms with Crippen LogP contribution in [0, 0.1) is 6.92 Å². The maximum absolute atomic E-state index is 12.9. The monoisotopic (exact) mass is 646 g/mol. The lowest BCUT2D eigenvalue weighted by molar-refractivity contribution is -0.155. The van der Waals surface area contributed by atoms with E-state index in [0.29, 0.717) is 11.5 Å². The van der Waals surface area contributed by atoms with Gasteiger partial charge in [0.1, 0.15) is 42.0 Å². The van der Waals surface area contributed by atoms with Crippen molar-refractivity contribution in [2.75, 3.05) is 34.0 Å². The van der Waals surface area contributed by atoms with Crippen molar-refractivity contribution in [2.45, 2.75) is 44.0 Å². The molecule has 5 rings (SSSR count). The zero-order valence-electron chi connectivity index (χ0n) is 26.6. The number of nitrogens with zero attached hydrogens (tertiary/aromatic N) is 1. The lowest BCUT2D eigenvalue weighted by Gasteiger charge is -2.37. The summed E-state index contributed by atoms with van der Waals surface area (Å²) in [5.74, 6) is 0.669. The van der Waals surface area contributed by atoms with Crippen LogP contribution in [0.3, 0.4) is 0 Å². The Bertz CT molecular complexity index is 1710. The molecule has 0 amide bonds. The van der Waals surface area contributed by atoms with E-state index in [1.807, 2.05) is 78.9 Å². The first-order valence-corrected chi connectivity index (χ1v) is 15.1. The quantitative estimate of drug-likeness (QED) is 0.164. The Hall–Kier alpha value is -4.75. The minimum absolute atomic E-state index is 0.142. The van der Waals surface area contributed by atoms with Crippen molar-refractivity contribution in [1.82, 2.24) is 9.55 Å². The number of aromatic nitrogens is 2. The Morgan fingerprint density at radius 1 is 0.915 bits per heavy atom. The molecular formula is C35H38N2O10. The second-order valence-corrected chi connectivity index (χ2v) is 10.9. The first-order valence-electron chi connectivity index (χ1n) is 15.1. The molecule has 3 aromatic carbocycles. The number of carbonyl (C=O) groups excluding carboxylic acids is 1. The summed E-state index contributed by atoms with van der Waals surface area (Å²) < 4.78 is 35.9. The molecule has 4 aromatic rings. The molecule has 47 heavy (non-hydrogen) atoms. The van der Waals surface area contributed by atoms with E-state index in [2.05, 4.69) is 4.98 Å². The lowest BCUT2D eigenvalue weighted by Crippen LogP contribution is -2.42. The average Bonchev–Trinajstić information content (AvgIpc) is 3.41. The van der Waals surface area contributed by atoms with E-state index in [0.717, 1.165) is 21.3 Å². The molecule has 2 N–H and O–H groups in total. The van der Waals surface area contributed by atoms with Gasteiger partial charge in [-0.15, -0.1) is 0 Å². The van der Waals surface area contributed by atoms with Crippen LogP contribution in [0.15, 0.2) is 94.6 Å². The Labute approximate surface area is 271 Å². The molecule has 12 heteroatoms. The molecule has 0 unspecified atom stereocenters. The van der Waals surface area contributed by atoms with Gasteiger partial charge < -0.3 is 33.5 Å². The third-order valence-corrected chi connectivity index (χ3v) is 8.07. The lowest BCUT2D eigenvalue weighted by atomic mass is 9.80. The molecule has 1 saturated heterocycles. The second-order valence-electron chi connectivity index (χ2n) is 10.9. The van der Waals surface area contributed by atoms with Gasteiger partial charge in [0.15, 0.2) is 6.23 Å². The molecule has 2 heterocycles. The third-order valence-electron chi connectivity index (χ3n) is 8.07. The predicted molar refractivity (Wildman–Crippen MR) is 171 cm³/mol. The fourth-order valence-corrected chi connectivity index (χ4v) is 5.68. The molecule has 1 aromatic heterocycles. The summed E-state index contributed by atoms with van der Waals surface area (Å²) in [6.45, 7) is 2.66. The molecule has 12 nitrogen and oxygen atoms in total. The van der Waals surface area contributed by atoms with Gasteiger partial charge in [-0.1, -0.05) is 54.6 Å². The largest absolute Gasteiger partial charge is 0.497 e. The number of rotatable bonds is 13. The fraction of sp³-hybridized carbons (Fsp3) is 0.343. The van der Waals surface area contributed by atoms with Crippen molar-refractivity contribution >= 4 is 5.97 Å². The van der Waals surface area contributed by atoms with Crippen LogP contribution >= 0.6 is 0 Å². The number of ether oxygens (including phenoxy) is 6. The van der Waals surface area contributed by atoms with Gasteiger partial charge >= 0.3 is 11.7 Å². The van der Waals surface area contributed by atoms with E-state index in [1.54, 1.807) is 21.1 Å². The highest BCUT2D eigenvalue weighted by molar-refractivity contribution is 5.70. The molecule has 248 valence electrons. The van der Waals surface area contributed by atoms with E-state index < -0.39 is 54.0 Å². The number of carbonyl (C=O) groups is 1. The number of aryl methyl sites for hydroxylation is 1. The van der Waals surface area contributed by atoms with Gasteiger partial charge in [0.25, 0.3) is 5.56 Å². The first-order chi connectivity index (χ1) is 22.7. The highest BCUT2D eigenvalue weighted by atomic mass is 16.6. The maximum atomic E-state index is 12.9. The number of aliphatic hydroxyl groups excluding tert-OH is 1. The van der Waals surface area contributed by atoms with Gasteiger partial charge in [-0.3, -0.25) is 14.3 Å². The van der Waals surface area contributed by atoms with Gasteiger partial charge in [-0.2, -0.15) is 0 Å². The van der Waals surface area contributed by atoms with E-state index >= 15 is 0 Å². The zero-order valence-corrected chi connectivity index (χ0v) is 26.6. The number of methoxy groups -OCH3 is 2. The molecule has 0 spiro atoms. The summed E-state index contributed by atoms with van der Waals surface area (Å²) in [6.07, 6.45) is -3.46. The Morgan fingerprint density at radius 3 is 2.04 bits per heavy atom. The zero-order chi connectivity index (χ0) is 33.6. The Balaban J connectivity index is 1.56. The maximum Gasteiger partial charge on any atom is 0.332 e. The molecule has 1 aliphatic rings. The second kappa shape index (κ2) is 14.8. The number of esters is 1. The van der Waals surface area contributed by atoms with Gasteiger partial charge in [0, 0.05) is 11.8 Å². The van der Waals surface area contributed by atoms with E-state index in [-0.39, 0.29) is 18.8 Å². The minimum atomic E-state index is -1.35. The topological polar surface area (TPSA) is 148 Å². The smallest absolute Gasteiger partial charge is 0.332 e.